The molecule has 2 aliphatic heterocycles. The lowest BCUT2D eigenvalue weighted by atomic mass is 10.0. The molecule has 38 heavy (non-hydrogen) atoms. The van der Waals surface area contributed by atoms with Crippen molar-refractivity contribution in [1.82, 2.24) is 15.2 Å². The standard InChI is InChI=1S/C22H29N5O8S3/c1-6-38-22(19(32)33)8-27-16(30)14(17(27)37-9-22)25-15(29)13(12-7-36-20(24-12)23-10-28)26-35-11(2)18(31)34-21(3,4)5/h7,10-11,14,17H,6,8-9H2,1-5H3,(H,25,29)(H,32,33)(H,23,24,28)/t11?,14?,17-,22?/m1/s1. The van der Waals surface area contributed by atoms with Crippen LogP contribution in [0, 0.1) is 0 Å². The van der Waals surface area contributed by atoms with Gasteiger partial charge in [0.2, 0.25) is 18.4 Å². The predicted molar refractivity (Wildman–Crippen MR) is 143 cm³/mol. The van der Waals surface area contributed by atoms with Gasteiger partial charge in [0.15, 0.2) is 10.8 Å². The third-order valence-corrected chi connectivity index (χ3v) is 9.11. The molecule has 3 amide bonds. The molecular weight excluding hydrogens is 558 g/mol. The molecule has 13 nitrogen and oxygen atoms in total. The monoisotopic (exact) mass is 587 g/mol. The molecule has 0 aliphatic carbocycles. The molecule has 2 fully saturated rings. The molecule has 16 heteroatoms. The molecule has 3 heterocycles. The molecule has 1 aromatic rings. The molecule has 3 unspecified atom stereocenters. The third-order valence-electron chi connectivity index (χ3n) is 5.34. The number of anilines is 1. The number of carboxylic acids is 1. The van der Waals surface area contributed by atoms with Crippen molar-refractivity contribution < 1.29 is 38.7 Å². The highest BCUT2D eigenvalue weighted by Gasteiger charge is 2.57. The Morgan fingerprint density at radius 1 is 1.42 bits per heavy atom. The van der Waals surface area contributed by atoms with Crippen molar-refractivity contribution >= 4 is 75.9 Å². The number of hydrogen-bond acceptors (Lipinski definition) is 12. The molecule has 0 spiro atoms. The van der Waals surface area contributed by atoms with Crippen molar-refractivity contribution in [3.63, 3.8) is 0 Å². The van der Waals surface area contributed by atoms with Gasteiger partial charge >= 0.3 is 11.9 Å². The van der Waals surface area contributed by atoms with Crippen LogP contribution in [0.25, 0.3) is 0 Å². The second-order valence-corrected chi connectivity index (χ2v) is 13.0. The Balaban J connectivity index is 1.76. The minimum atomic E-state index is -1.15. The molecule has 0 saturated carbocycles. The van der Waals surface area contributed by atoms with Gasteiger partial charge in [0.25, 0.3) is 5.91 Å². The van der Waals surface area contributed by atoms with Crippen LogP contribution in [0.3, 0.4) is 0 Å². The van der Waals surface area contributed by atoms with E-state index in [-0.39, 0.29) is 28.8 Å². The summed E-state index contributed by atoms with van der Waals surface area (Å²) in [5.41, 5.74) is -1.02. The number of rotatable bonds is 11. The van der Waals surface area contributed by atoms with Crippen LogP contribution in [0.4, 0.5) is 5.13 Å². The first-order chi connectivity index (χ1) is 17.8. The number of aromatic nitrogens is 1. The average Bonchev–Trinajstić information content (AvgIpc) is 3.29. The molecule has 1 aromatic heterocycles. The first kappa shape index (κ1) is 29.7. The molecule has 2 aliphatic rings. The van der Waals surface area contributed by atoms with Gasteiger partial charge in [-0.2, -0.15) is 0 Å². The van der Waals surface area contributed by atoms with Crippen molar-refractivity contribution in [2.24, 2.45) is 5.16 Å². The fraction of sp³-hybridized carbons (Fsp3) is 0.591. The van der Waals surface area contributed by atoms with Crippen LogP contribution in [0.15, 0.2) is 10.5 Å². The Hall–Kier alpha value is -2.85. The Morgan fingerprint density at radius 3 is 2.74 bits per heavy atom. The maximum atomic E-state index is 13.2. The summed E-state index contributed by atoms with van der Waals surface area (Å²) in [4.78, 5) is 71.9. The molecule has 208 valence electrons. The Labute approximate surface area is 231 Å². The minimum absolute atomic E-state index is 0.0357. The second kappa shape index (κ2) is 11.9. The topological polar surface area (TPSA) is 177 Å². The van der Waals surface area contributed by atoms with E-state index in [1.54, 1.807) is 20.8 Å². The van der Waals surface area contributed by atoms with Crippen molar-refractivity contribution in [3.8, 4) is 0 Å². The SMILES string of the molecule is CCSC1(C(=O)O)CS[C@@H]2C(NC(=O)C(=NOC(C)C(=O)OC(C)(C)C)c3csc(NC=O)n3)C(=O)N2C1. The number of carbonyl (C=O) groups is 5. The van der Waals surface area contributed by atoms with Crippen LogP contribution in [-0.2, 0) is 33.5 Å². The zero-order chi connectivity index (χ0) is 28.3. The first-order valence-corrected chi connectivity index (χ1v) is 14.5. The first-order valence-electron chi connectivity index (χ1n) is 11.5. The van der Waals surface area contributed by atoms with Crippen LogP contribution >= 0.6 is 34.9 Å². The van der Waals surface area contributed by atoms with E-state index in [1.165, 1.54) is 40.7 Å². The van der Waals surface area contributed by atoms with E-state index in [1.807, 2.05) is 6.92 Å². The third kappa shape index (κ3) is 6.58. The largest absolute Gasteiger partial charge is 0.480 e. The highest BCUT2D eigenvalue weighted by atomic mass is 32.2. The number of thiazole rings is 1. The van der Waals surface area contributed by atoms with E-state index >= 15 is 0 Å². The average molecular weight is 588 g/mol. The summed E-state index contributed by atoms with van der Waals surface area (Å²) < 4.78 is 4.15. The van der Waals surface area contributed by atoms with Gasteiger partial charge in [-0.05, 0) is 33.4 Å². The van der Waals surface area contributed by atoms with Gasteiger partial charge in [-0.1, -0.05) is 12.1 Å². The second-order valence-electron chi connectivity index (χ2n) is 9.37. The Morgan fingerprint density at radius 2 is 2.13 bits per heavy atom. The number of ether oxygens (including phenoxy) is 1. The molecule has 3 N–H and O–H groups in total. The summed E-state index contributed by atoms with van der Waals surface area (Å²) >= 11 is 3.59. The van der Waals surface area contributed by atoms with Gasteiger partial charge < -0.3 is 30.2 Å². The number of β-lactam (4-membered cyclic amide) rings is 1. The molecular formula is C22H29N5O8S3. The zero-order valence-electron chi connectivity index (χ0n) is 21.4. The fourth-order valence-corrected chi connectivity index (χ4v) is 7.07. The molecule has 4 atom stereocenters. The van der Waals surface area contributed by atoms with Crippen molar-refractivity contribution in [1.29, 1.82) is 0 Å². The zero-order valence-corrected chi connectivity index (χ0v) is 23.8. The van der Waals surface area contributed by atoms with Crippen molar-refractivity contribution in [2.45, 2.75) is 62.5 Å². The van der Waals surface area contributed by atoms with Crippen molar-refractivity contribution in [2.75, 3.05) is 23.4 Å². The van der Waals surface area contributed by atoms with Gasteiger partial charge in [-0.3, -0.25) is 19.2 Å². The molecule has 0 aromatic carbocycles. The summed E-state index contributed by atoms with van der Waals surface area (Å²) in [6.45, 7) is 8.38. The maximum absolute atomic E-state index is 13.2. The summed E-state index contributed by atoms with van der Waals surface area (Å²) in [5, 5.41) is 19.8. The van der Waals surface area contributed by atoms with Crippen LogP contribution in [0.1, 0.15) is 40.3 Å². The van der Waals surface area contributed by atoms with E-state index in [4.69, 9.17) is 9.57 Å². The minimum Gasteiger partial charge on any atom is -0.480 e. The molecule has 3 rings (SSSR count). The highest BCUT2D eigenvalue weighted by Crippen LogP contribution is 2.44. The smallest absolute Gasteiger partial charge is 0.350 e. The molecule has 0 radical (unpaired) electrons. The van der Waals surface area contributed by atoms with E-state index in [0.29, 0.717) is 12.2 Å². The number of nitrogens with zero attached hydrogens (tertiary/aromatic N) is 3. The van der Waals surface area contributed by atoms with Gasteiger partial charge in [0, 0.05) is 17.7 Å². The number of amides is 3. The summed E-state index contributed by atoms with van der Waals surface area (Å²) in [6, 6.07) is -0.911. The van der Waals surface area contributed by atoms with E-state index in [2.05, 4.69) is 20.8 Å². The van der Waals surface area contributed by atoms with E-state index in [9.17, 15) is 29.1 Å². The molecule has 2 saturated heterocycles. The Bertz CT molecular complexity index is 1140. The normalized spacial score (nSPS) is 24.0. The van der Waals surface area contributed by atoms with Gasteiger partial charge in [-0.15, -0.1) is 34.9 Å². The van der Waals surface area contributed by atoms with Crippen LogP contribution < -0.4 is 10.6 Å². The number of fused-ring (bicyclic) bond motifs is 1. The lowest BCUT2D eigenvalue weighted by Gasteiger charge is -2.53. The summed E-state index contributed by atoms with van der Waals surface area (Å²) in [5.74, 6) is -2.04. The summed E-state index contributed by atoms with van der Waals surface area (Å²) in [7, 11) is 0. The number of aliphatic carboxylic acids is 1. The summed E-state index contributed by atoms with van der Waals surface area (Å²) in [6.07, 6.45) is -0.727. The number of carbonyl (C=O) groups excluding carboxylic acids is 4. The number of oxime groups is 1. The van der Waals surface area contributed by atoms with Gasteiger partial charge in [-0.25, -0.2) is 9.78 Å². The number of thioether (sulfide) groups is 2. The number of hydrogen-bond donors (Lipinski definition) is 3. The van der Waals surface area contributed by atoms with Crippen LogP contribution in [0.2, 0.25) is 0 Å². The van der Waals surface area contributed by atoms with Gasteiger partial charge in [0.1, 0.15) is 27.5 Å². The number of carboxylic acid groups (broad SMARTS) is 1. The van der Waals surface area contributed by atoms with Crippen LogP contribution in [-0.4, -0.2) is 96.8 Å². The van der Waals surface area contributed by atoms with E-state index < -0.39 is 51.6 Å². The highest BCUT2D eigenvalue weighted by molar-refractivity contribution is 8.05. The number of nitrogens with one attached hydrogen (secondary N) is 2. The quantitative estimate of drug-likeness (QED) is 0.111. The Kier molecular flexibility index (Phi) is 9.30. The lowest BCUT2D eigenvalue weighted by molar-refractivity contribution is -0.167. The number of esters is 1. The van der Waals surface area contributed by atoms with Crippen molar-refractivity contribution in [3.05, 3.63) is 11.1 Å². The fourth-order valence-electron chi connectivity index (χ4n) is 3.58. The maximum Gasteiger partial charge on any atom is 0.350 e. The molecule has 0 bridgehead atoms. The van der Waals surface area contributed by atoms with Crippen LogP contribution in [0.5, 0.6) is 0 Å². The van der Waals surface area contributed by atoms with E-state index in [0.717, 1.165) is 11.3 Å². The van der Waals surface area contributed by atoms with Gasteiger partial charge in [0.05, 0.1) is 0 Å². The lowest BCUT2D eigenvalue weighted by Crippen LogP contribution is -2.74. The predicted octanol–water partition coefficient (Wildman–Crippen LogP) is 1.14.